The Kier molecular flexibility index (Phi) is 4.73. The third-order valence-electron chi connectivity index (χ3n) is 0.442. The number of hydrazine groups is 1. The smallest absolute Gasteiger partial charge is 0.293 e. The lowest BCUT2D eigenvalue weighted by molar-refractivity contribution is 0.260. The highest BCUT2D eigenvalue weighted by Crippen LogP contribution is 1.96. The number of carbonyl (C=O) groups is 1. The van der Waals surface area contributed by atoms with Gasteiger partial charge in [-0.25, -0.2) is 5.84 Å². The first kappa shape index (κ1) is 7.74. The van der Waals surface area contributed by atoms with Crippen LogP contribution < -0.4 is 11.3 Å². The van der Waals surface area contributed by atoms with Crippen molar-refractivity contribution in [2.75, 3.05) is 12.4 Å². The van der Waals surface area contributed by atoms with Crippen molar-refractivity contribution in [3.8, 4) is 0 Å². The van der Waals surface area contributed by atoms with Crippen molar-refractivity contribution in [2.24, 2.45) is 5.84 Å². The fourth-order valence-electron chi connectivity index (χ4n) is 0.180. The molecule has 5 heteroatoms. The van der Waals surface area contributed by atoms with Crippen LogP contribution in [-0.2, 0) is 0 Å². The van der Waals surface area contributed by atoms with Crippen LogP contribution in [0.15, 0.2) is 0 Å². The van der Waals surface area contributed by atoms with Gasteiger partial charge in [-0.15, -0.1) is 0 Å². The molecule has 0 saturated heterocycles. The summed E-state index contributed by atoms with van der Waals surface area (Å²) in [4.78, 5) is 10.2. The van der Waals surface area contributed by atoms with E-state index in [9.17, 15) is 4.79 Å². The Morgan fingerprint density at radius 3 is 2.88 bits per heavy atom. The molecule has 0 aliphatic carbocycles. The molecule has 1 amide bonds. The number of nitrogens with two attached hydrogens (primary N) is 1. The summed E-state index contributed by atoms with van der Waals surface area (Å²) in [5.41, 5.74) is 1.91. The molecule has 0 aromatic rings. The number of aliphatic hydroxyl groups excluding tert-OH is 1. The highest BCUT2D eigenvalue weighted by molar-refractivity contribution is 8.13. The molecule has 0 unspecified atom stereocenters. The van der Waals surface area contributed by atoms with Gasteiger partial charge in [-0.3, -0.25) is 10.2 Å². The van der Waals surface area contributed by atoms with Gasteiger partial charge in [-0.2, -0.15) is 0 Å². The Hall–Kier alpha value is -0.260. The van der Waals surface area contributed by atoms with Crippen molar-refractivity contribution < 1.29 is 9.90 Å². The van der Waals surface area contributed by atoms with Crippen molar-refractivity contribution >= 4 is 17.0 Å². The number of amides is 1. The summed E-state index contributed by atoms with van der Waals surface area (Å²) in [7, 11) is 0. The van der Waals surface area contributed by atoms with Gasteiger partial charge in [-0.05, 0) is 0 Å². The van der Waals surface area contributed by atoms with Gasteiger partial charge < -0.3 is 5.11 Å². The van der Waals surface area contributed by atoms with Crippen molar-refractivity contribution in [1.82, 2.24) is 5.43 Å². The lowest BCUT2D eigenvalue weighted by atomic mass is 10.9. The number of nitrogens with one attached hydrogen (secondary N) is 1. The lowest BCUT2D eigenvalue weighted by Gasteiger charge is -1.93. The van der Waals surface area contributed by atoms with Crippen LogP contribution in [0.1, 0.15) is 0 Å². The van der Waals surface area contributed by atoms with E-state index in [1.807, 2.05) is 5.43 Å². The fraction of sp³-hybridized carbons (Fsp3) is 0.667. The van der Waals surface area contributed by atoms with E-state index < -0.39 is 0 Å². The molecule has 4 N–H and O–H groups in total. The third kappa shape index (κ3) is 3.91. The quantitative estimate of drug-likeness (QED) is 0.266. The molecular formula is C3H8N2O2S. The van der Waals surface area contributed by atoms with E-state index in [0.717, 1.165) is 11.8 Å². The number of thioether (sulfide) groups is 1. The Balaban J connectivity index is 2.99. The predicted octanol–water partition coefficient (Wildman–Crippen LogP) is -0.705. The molecule has 0 bridgehead atoms. The second-order valence-electron chi connectivity index (χ2n) is 1.00. The first-order valence-electron chi connectivity index (χ1n) is 2.05. The van der Waals surface area contributed by atoms with E-state index in [1.165, 1.54) is 0 Å². The summed E-state index contributed by atoms with van der Waals surface area (Å²) in [6.45, 7) is -0.00190. The van der Waals surface area contributed by atoms with Gasteiger partial charge in [0.15, 0.2) is 0 Å². The summed E-state index contributed by atoms with van der Waals surface area (Å²) >= 11 is 0.951. The van der Waals surface area contributed by atoms with Crippen LogP contribution >= 0.6 is 11.8 Å². The summed E-state index contributed by atoms with van der Waals surface area (Å²) in [5, 5.41) is 7.85. The molecule has 0 fully saturated rings. The molecule has 0 aromatic carbocycles. The molecule has 0 spiro atoms. The monoisotopic (exact) mass is 136 g/mol. The Bertz CT molecular complexity index is 77.7. The molecule has 0 saturated carbocycles. The molecule has 8 heavy (non-hydrogen) atoms. The van der Waals surface area contributed by atoms with Crippen LogP contribution in [0.5, 0.6) is 0 Å². The number of hydrogen-bond acceptors (Lipinski definition) is 4. The maximum absolute atomic E-state index is 10.2. The van der Waals surface area contributed by atoms with Crippen LogP contribution in [0.25, 0.3) is 0 Å². The van der Waals surface area contributed by atoms with E-state index in [1.54, 1.807) is 0 Å². The summed E-state index contributed by atoms with van der Waals surface area (Å²) in [6.07, 6.45) is 0. The molecule has 0 aromatic heterocycles. The molecule has 0 radical (unpaired) electrons. The molecule has 0 rings (SSSR count). The number of hydrogen-bond donors (Lipinski definition) is 3. The molecular weight excluding hydrogens is 128 g/mol. The number of rotatable bonds is 2. The first-order chi connectivity index (χ1) is 3.81. The van der Waals surface area contributed by atoms with E-state index in [-0.39, 0.29) is 11.8 Å². The maximum atomic E-state index is 10.2. The highest BCUT2D eigenvalue weighted by atomic mass is 32.2. The van der Waals surface area contributed by atoms with Crippen LogP contribution in [0.2, 0.25) is 0 Å². The van der Waals surface area contributed by atoms with Gasteiger partial charge >= 0.3 is 0 Å². The summed E-state index contributed by atoms with van der Waals surface area (Å²) in [5.74, 6) is 5.10. The molecule has 0 aliphatic heterocycles. The minimum absolute atomic E-state index is 0.00190. The minimum atomic E-state index is -0.320. The van der Waals surface area contributed by atoms with Crippen molar-refractivity contribution in [2.45, 2.75) is 0 Å². The zero-order valence-corrected chi connectivity index (χ0v) is 5.07. The summed E-state index contributed by atoms with van der Waals surface area (Å²) in [6, 6.07) is 0. The Labute approximate surface area is 51.4 Å². The van der Waals surface area contributed by atoms with Gasteiger partial charge in [0, 0.05) is 5.75 Å². The fourth-order valence-corrected chi connectivity index (χ4v) is 0.540. The van der Waals surface area contributed by atoms with Crippen LogP contribution in [0.4, 0.5) is 4.79 Å². The topological polar surface area (TPSA) is 75.3 Å². The molecule has 4 nitrogen and oxygen atoms in total. The lowest BCUT2D eigenvalue weighted by Crippen LogP contribution is -2.26. The maximum Gasteiger partial charge on any atom is 0.293 e. The largest absolute Gasteiger partial charge is 0.396 e. The van der Waals surface area contributed by atoms with E-state index in [0.29, 0.717) is 5.75 Å². The SMILES string of the molecule is NNC(=O)SCCO. The van der Waals surface area contributed by atoms with Gasteiger partial charge in [0.25, 0.3) is 5.24 Å². The van der Waals surface area contributed by atoms with Gasteiger partial charge in [0.05, 0.1) is 6.61 Å². The Morgan fingerprint density at radius 1 is 1.88 bits per heavy atom. The highest BCUT2D eigenvalue weighted by Gasteiger charge is 1.94. The normalized spacial score (nSPS) is 8.75. The van der Waals surface area contributed by atoms with E-state index in [2.05, 4.69) is 0 Å². The molecule has 0 atom stereocenters. The minimum Gasteiger partial charge on any atom is -0.396 e. The van der Waals surface area contributed by atoms with Crippen molar-refractivity contribution in [1.29, 1.82) is 0 Å². The van der Waals surface area contributed by atoms with Crippen molar-refractivity contribution in [3.63, 3.8) is 0 Å². The molecule has 0 aliphatic rings. The second-order valence-corrected chi connectivity index (χ2v) is 2.07. The van der Waals surface area contributed by atoms with Gasteiger partial charge in [0.1, 0.15) is 0 Å². The average Bonchev–Trinajstić information content (AvgIpc) is 1.83. The predicted molar refractivity (Wildman–Crippen MR) is 32.3 cm³/mol. The van der Waals surface area contributed by atoms with Gasteiger partial charge in [0.2, 0.25) is 0 Å². The van der Waals surface area contributed by atoms with E-state index in [4.69, 9.17) is 10.9 Å². The van der Waals surface area contributed by atoms with Crippen molar-refractivity contribution in [3.05, 3.63) is 0 Å². The zero-order chi connectivity index (χ0) is 6.41. The summed E-state index contributed by atoms with van der Waals surface area (Å²) < 4.78 is 0. The second kappa shape index (κ2) is 4.89. The molecule has 48 valence electrons. The zero-order valence-electron chi connectivity index (χ0n) is 4.26. The van der Waals surface area contributed by atoms with Crippen LogP contribution in [-0.4, -0.2) is 22.7 Å². The van der Waals surface area contributed by atoms with Crippen LogP contribution in [0, 0.1) is 0 Å². The average molecular weight is 136 g/mol. The number of aliphatic hydroxyl groups is 1. The van der Waals surface area contributed by atoms with Gasteiger partial charge in [-0.1, -0.05) is 11.8 Å². The Morgan fingerprint density at radius 2 is 2.50 bits per heavy atom. The molecule has 0 heterocycles. The third-order valence-corrected chi connectivity index (χ3v) is 1.21. The van der Waals surface area contributed by atoms with Crippen LogP contribution in [0.3, 0.4) is 0 Å². The standard InChI is InChI=1S/C3H8N2O2S/c4-5-3(7)8-2-1-6/h6H,1-2,4H2,(H,5,7). The van der Waals surface area contributed by atoms with E-state index >= 15 is 0 Å². The first-order valence-corrected chi connectivity index (χ1v) is 3.04. The number of carbonyl (C=O) groups excluding carboxylic acids is 1.